The lowest BCUT2D eigenvalue weighted by atomic mass is 10.1. The van der Waals surface area contributed by atoms with Gasteiger partial charge in [-0.2, -0.15) is 0 Å². The summed E-state index contributed by atoms with van der Waals surface area (Å²) < 4.78 is 2.71. The number of fused-ring (bicyclic) bond motifs is 6. The van der Waals surface area contributed by atoms with Gasteiger partial charge in [-0.05, 0) is 70.1 Å². The van der Waals surface area contributed by atoms with Crippen molar-refractivity contribution in [1.29, 1.82) is 0 Å². The van der Waals surface area contributed by atoms with E-state index in [9.17, 15) is 0 Å². The summed E-state index contributed by atoms with van der Waals surface area (Å²) in [5.41, 5.74) is 0. The lowest BCUT2D eigenvalue weighted by Gasteiger charge is -1.97. The van der Waals surface area contributed by atoms with Crippen molar-refractivity contribution in [3.63, 3.8) is 0 Å². The van der Waals surface area contributed by atoms with E-state index in [1.165, 1.54) is 71.0 Å². The molecule has 0 N–H and O–H groups in total. The Morgan fingerprint density at radius 2 is 0.722 bits per heavy atom. The zero-order valence-corrected chi connectivity index (χ0v) is 22.3. The minimum atomic E-state index is 1.31. The van der Waals surface area contributed by atoms with Crippen molar-refractivity contribution in [2.24, 2.45) is 0 Å². The van der Waals surface area contributed by atoms with Crippen LogP contribution in [0.2, 0.25) is 0 Å². The number of hydrogen-bond acceptors (Lipinski definition) is 4. The maximum Gasteiger partial charge on any atom is 0.0455 e. The first-order chi connectivity index (χ1) is 17.8. The molecule has 170 valence electrons. The van der Waals surface area contributed by atoms with Gasteiger partial charge >= 0.3 is 0 Å². The maximum atomic E-state index is 2.37. The summed E-state index contributed by atoms with van der Waals surface area (Å²) in [6, 6.07) is 40.3. The lowest BCUT2D eigenvalue weighted by Crippen LogP contribution is -1.71. The molecule has 0 nitrogen and oxygen atoms in total. The fourth-order valence-corrected chi connectivity index (χ4v) is 9.45. The molecule has 0 spiro atoms. The van der Waals surface area contributed by atoms with Gasteiger partial charge in [0.25, 0.3) is 0 Å². The molecule has 0 saturated heterocycles. The molecular weight excluding hydrogens is 513 g/mol. The number of thiophene rings is 4. The minimum absolute atomic E-state index is 1.31. The molecule has 0 amide bonds. The fraction of sp³-hybridized carbons (Fsp3) is 0. The second-order valence-corrected chi connectivity index (χ2v) is 13.3. The Hall–Kier alpha value is -3.28. The van der Waals surface area contributed by atoms with Gasteiger partial charge in [0, 0.05) is 49.4 Å². The highest BCUT2D eigenvalue weighted by Crippen LogP contribution is 2.46. The molecular formula is C32H18S4. The zero-order chi connectivity index (χ0) is 23.6. The van der Waals surface area contributed by atoms with Crippen molar-refractivity contribution >= 4 is 87.1 Å². The van der Waals surface area contributed by atoms with Gasteiger partial charge in [-0.1, -0.05) is 60.7 Å². The van der Waals surface area contributed by atoms with Crippen LogP contribution in [0.1, 0.15) is 0 Å². The van der Waals surface area contributed by atoms with Crippen LogP contribution in [0.3, 0.4) is 0 Å². The van der Waals surface area contributed by atoms with E-state index in [-0.39, 0.29) is 0 Å². The highest BCUT2D eigenvalue weighted by molar-refractivity contribution is 7.30. The smallest absolute Gasteiger partial charge is 0.0455 e. The quantitative estimate of drug-likeness (QED) is 0.213. The highest BCUT2D eigenvalue weighted by atomic mass is 32.1. The van der Waals surface area contributed by atoms with E-state index in [0.717, 1.165) is 0 Å². The number of benzene rings is 4. The Morgan fingerprint density at radius 3 is 1.19 bits per heavy atom. The summed E-state index contributed by atoms with van der Waals surface area (Å²) in [5, 5.41) is 8.02. The summed E-state index contributed by atoms with van der Waals surface area (Å²) >= 11 is 7.59. The molecule has 4 heterocycles. The largest absolute Gasteiger partial charge is 0.134 e. The van der Waals surface area contributed by atoms with Crippen molar-refractivity contribution in [3.8, 4) is 29.3 Å². The first-order valence-electron chi connectivity index (χ1n) is 11.8. The van der Waals surface area contributed by atoms with Gasteiger partial charge in [0.05, 0.1) is 0 Å². The predicted octanol–water partition coefficient (Wildman–Crippen LogP) is 11.5. The van der Waals surface area contributed by atoms with Gasteiger partial charge in [0.2, 0.25) is 0 Å². The van der Waals surface area contributed by atoms with E-state index >= 15 is 0 Å². The summed E-state index contributed by atoms with van der Waals surface area (Å²) in [4.78, 5) is 8.08. The third kappa shape index (κ3) is 3.30. The molecule has 0 saturated carbocycles. The van der Waals surface area contributed by atoms with E-state index in [0.29, 0.717) is 0 Å². The average molecular weight is 531 g/mol. The first-order valence-corrected chi connectivity index (χ1v) is 15.1. The molecule has 4 aromatic carbocycles. The van der Waals surface area contributed by atoms with Crippen molar-refractivity contribution in [2.45, 2.75) is 0 Å². The van der Waals surface area contributed by atoms with E-state index in [2.05, 4.69) is 109 Å². The zero-order valence-electron chi connectivity index (χ0n) is 19.0. The van der Waals surface area contributed by atoms with Crippen LogP contribution in [0.5, 0.6) is 0 Å². The van der Waals surface area contributed by atoms with Crippen LogP contribution < -0.4 is 0 Å². The van der Waals surface area contributed by atoms with Crippen molar-refractivity contribution < 1.29 is 0 Å². The van der Waals surface area contributed by atoms with Crippen molar-refractivity contribution in [3.05, 3.63) is 109 Å². The van der Waals surface area contributed by atoms with Crippen molar-refractivity contribution in [2.75, 3.05) is 0 Å². The molecule has 0 aliphatic heterocycles. The Morgan fingerprint density at radius 1 is 0.306 bits per heavy atom. The van der Waals surface area contributed by atoms with E-state index in [4.69, 9.17) is 0 Å². The first kappa shape index (κ1) is 20.9. The summed E-state index contributed by atoms with van der Waals surface area (Å²) in [6.45, 7) is 0. The van der Waals surface area contributed by atoms with Gasteiger partial charge in [0.15, 0.2) is 0 Å². The SMILES string of the molecule is c1ccc2c(c1)ccc1sc(-c3ccc(-c4ccc(-c5cc6c(ccc7ccccc76)s5)s4)s3)cc12. The normalized spacial score (nSPS) is 11.9. The van der Waals surface area contributed by atoms with E-state index < -0.39 is 0 Å². The third-order valence-electron chi connectivity index (χ3n) is 6.79. The lowest BCUT2D eigenvalue weighted by molar-refractivity contribution is 1.81. The van der Waals surface area contributed by atoms with Crippen LogP contribution in [0.4, 0.5) is 0 Å². The average Bonchev–Trinajstić information content (AvgIpc) is 3.72. The molecule has 36 heavy (non-hydrogen) atoms. The molecule has 0 aliphatic carbocycles. The van der Waals surface area contributed by atoms with Gasteiger partial charge in [-0.25, -0.2) is 0 Å². The van der Waals surface area contributed by atoms with E-state index in [1.54, 1.807) is 0 Å². The van der Waals surface area contributed by atoms with Gasteiger partial charge in [-0.15, -0.1) is 45.3 Å². The minimum Gasteiger partial charge on any atom is -0.134 e. The molecule has 0 aliphatic rings. The van der Waals surface area contributed by atoms with Crippen LogP contribution >= 0.6 is 45.3 Å². The molecule has 0 unspecified atom stereocenters. The van der Waals surface area contributed by atoms with Crippen LogP contribution in [0.25, 0.3) is 71.0 Å². The second kappa shape index (κ2) is 8.12. The third-order valence-corrected chi connectivity index (χ3v) is 11.8. The van der Waals surface area contributed by atoms with Crippen LogP contribution in [0, 0.1) is 0 Å². The Balaban J connectivity index is 1.16. The van der Waals surface area contributed by atoms with Crippen LogP contribution in [-0.4, -0.2) is 0 Å². The fourth-order valence-electron chi connectivity index (χ4n) is 5.03. The molecule has 0 fully saturated rings. The summed E-state index contributed by atoms with van der Waals surface area (Å²) in [7, 11) is 0. The second-order valence-electron chi connectivity index (χ2n) is 8.95. The van der Waals surface area contributed by atoms with Crippen LogP contribution in [0.15, 0.2) is 109 Å². The summed E-state index contributed by atoms with van der Waals surface area (Å²) in [6.07, 6.45) is 0. The molecule has 8 aromatic rings. The number of hydrogen-bond donors (Lipinski definition) is 0. The molecule has 4 heteroatoms. The molecule has 0 bridgehead atoms. The van der Waals surface area contributed by atoms with Crippen LogP contribution in [-0.2, 0) is 0 Å². The molecule has 0 radical (unpaired) electrons. The molecule has 0 atom stereocenters. The predicted molar refractivity (Wildman–Crippen MR) is 164 cm³/mol. The monoisotopic (exact) mass is 530 g/mol. The van der Waals surface area contributed by atoms with Gasteiger partial charge in [0.1, 0.15) is 0 Å². The highest BCUT2D eigenvalue weighted by Gasteiger charge is 2.14. The number of rotatable bonds is 3. The van der Waals surface area contributed by atoms with Gasteiger partial charge < -0.3 is 0 Å². The van der Waals surface area contributed by atoms with E-state index in [1.807, 2.05) is 45.3 Å². The Labute approximate surface area is 224 Å². The summed E-state index contributed by atoms with van der Waals surface area (Å²) in [5.74, 6) is 0. The maximum absolute atomic E-state index is 2.37. The van der Waals surface area contributed by atoms with Crippen molar-refractivity contribution in [1.82, 2.24) is 0 Å². The standard InChI is InChI=1S/C32H18S4/c1-3-7-21-19(5-1)9-11-25-23(21)17-31(33-25)29-15-13-27(35-29)28-14-16-30(36-28)32-18-24-22-8-4-2-6-20(22)10-12-26(24)34-32/h1-18H. The molecule has 8 rings (SSSR count). The topological polar surface area (TPSA) is 0 Å². The Kier molecular flexibility index (Phi) is 4.71. The Bertz CT molecular complexity index is 1910. The van der Waals surface area contributed by atoms with Gasteiger partial charge in [-0.3, -0.25) is 0 Å². The molecule has 4 aromatic heterocycles.